The minimum absolute atomic E-state index is 0.233. The van der Waals surface area contributed by atoms with Crippen LogP contribution in [0.25, 0.3) is 0 Å². The minimum atomic E-state index is -0.296. The highest BCUT2D eigenvalue weighted by Gasteiger charge is 2.11. The molecule has 0 aliphatic heterocycles. The molecular formula is C21H21FN4O. The number of carbonyl (C=O) groups is 1. The molecule has 0 aliphatic rings. The predicted molar refractivity (Wildman–Crippen MR) is 104 cm³/mol. The maximum atomic E-state index is 13.6. The summed E-state index contributed by atoms with van der Waals surface area (Å²) < 4.78 is 13.6. The Bertz CT molecular complexity index is 929. The Morgan fingerprint density at radius 2 is 1.78 bits per heavy atom. The van der Waals surface area contributed by atoms with E-state index < -0.39 is 0 Å². The lowest BCUT2D eigenvalue weighted by atomic mass is 10.1. The molecule has 1 aromatic heterocycles. The highest BCUT2D eigenvalue weighted by Crippen LogP contribution is 2.16. The predicted octanol–water partition coefficient (Wildman–Crippen LogP) is 4.09. The first-order valence-electron chi connectivity index (χ1n) is 8.87. The van der Waals surface area contributed by atoms with Gasteiger partial charge in [0.25, 0.3) is 5.91 Å². The monoisotopic (exact) mass is 364 g/mol. The molecule has 0 radical (unpaired) electrons. The molecule has 0 unspecified atom stereocenters. The van der Waals surface area contributed by atoms with Crippen molar-refractivity contribution in [2.24, 2.45) is 0 Å². The summed E-state index contributed by atoms with van der Waals surface area (Å²) in [7, 11) is 0. The molecule has 2 N–H and O–H groups in total. The maximum Gasteiger partial charge on any atom is 0.274 e. The van der Waals surface area contributed by atoms with Gasteiger partial charge in [0.05, 0.1) is 0 Å². The van der Waals surface area contributed by atoms with Crippen LogP contribution in [-0.4, -0.2) is 22.4 Å². The fraction of sp³-hybridized carbons (Fsp3) is 0.190. The molecule has 5 nitrogen and oxygen atoms in total. The molecule has 6 heteroatoms. The third kappa shape index (κ3) is 4.88. The molecule has 3 rings (SSSR count). The number of nitrogens with zero attached hydrogens (tertiary/aromatic N) is 2. The van der Waals surface area contributed by atoms with Crippen LogP contribution in [0, 0.1) is 5.82 Å². The second kappa shape index (κ2) is 8.89. The molecule has 0 spiro atoms. The first-order valence-corrected chi connectivity index (χ1v) is 8.87. The zero-order valence-electron chi connectivity index (χ0n) is 15.1. The smallest absolute Gasteiger partial charge is 0.274 e. The Morgan fingerprint density at radius 1 is 1.04 bits per heavy atom. The Labute approximate surface area is 157 Å². The fourth-order valence-corrected chi connectivity index (χ4v) is 2.72. The van der Waals surface area contributed by atoms with Crippen molar-refractivity contribution in [3.63, 3.8) is 0 Å². The number of carbonyl (C=O) groups excluding carboxylic acids is 1. The van der Waals surface area contributed by atoms with Gasteiger partial charge in [0.2, 0.25) is 5.95 Å². The SMILES string of the molecule is CCc1ccccc1NC(=O)c1ccnc(NCCc2ccccc2F)n1. The number of nitrogens with one attached hydrogen (secondary N) is 2. The van der Waals surface area contributed by atoms with Gasteiger partial charge in [0.15, 0.2) is 0 Å². The lowest BCUT2D eigenvalue weighted by molar-refractivity contribution is 0.102. The molecule has 1 amide bonds. The summed E-state index contributed by atoms with van der Waals surface area (Å²) in [6.07, 6.45) is 2.85. The van der Waals surface area contributed by atoms with Crippen molar-refractivity contribution in [2.75, 3.05) is 17.2 Å². The number of anilines is 2. The summed E-state index contributed by atoms with van der Waals surface area (Å²) in [6, 6.07) is 15.9. The van der Waals surface area contributed by atoms with Crippen molar-refractivity contribution in [1.82, 2.24) is 9.97 Å². The van der Waals surface area contributed by atoms with Crippen LogP contribution in [0.2, 0.25) is 0 Å². The zero-order chi connectivity index (χ0) is 19.1. The lowest BCUT2D eigenvalue weighted by Gasteiger charge is -2.10. The summed E-state index contributed by atoms with van der Waals surface area (Å²) in [6.45, 7) is 2.50. The Balaban J connectivity index is 1.63. The van der Waals surface area contributed by atoms with Crippen molar-refractivity contribution < 1.29 is 9.18 Å². The van der Waals surface area contributed by atoms with Crippen molar-refractivity contribution >= 4 is 17.5 Å². The summed E-state index contributed by atoms with van der Waals surface area (Å²) in [5.41, 5.74) is 2.72. The number of hydrogen-bond donors (Lipinski definition) is 2. The van der Waals surface area contributed by atoms with Crippen LogP contribution in [0.5, 0.6) is 0 Å². The van der Waals surface area contributed by atoms with Gasteiger partial charge in [0, 0.05) is 18.4 Å². The van der Waals surface area contributed by atoms with Gasteiger partial charge in [-0.2, -0.15) is 0 Å². The summed E-state index contributed by atoms with van der Waals surface area (Å²) in [4.78, 5) is 20.9. The molecule has 0 fully saturated rings. The zero-order valence-corrected chi connectivity index (χ0v) is 15.1. The molecule has 27 heavy (non-hydrogen) atoms. The first-order chi connectivity index (χ1) is 13.2. The topological polar surface area (TPSA) is 66.9 Å². The Kier molecular flexibility index (Phi) is 6.10. The van der Waals surface area contributed by atoms with Crippen molar-refractivity contribution in [3.05, 3.63) is 83.4 Å². The minimum Gasteiger partial charge on any atom is -0.354 e. The molecule has 138 valence electrons. The second-order valence-corrected chi connectivity index (χ2v) is 6.00. The molecule has 0 saturated heterocycles. The van der Waals surface area contributed by atoms with E-state index in [1.165, 1.54) is 12.3 Å². The third-order valence-corrected chi connectivity index (χ3v) is 4.17. The van der Waals surface area contributed by atoms with E-state index in [1.54, 1.807) is 24.3 Å². The fourth-order valence-electron chi connectivity index (χ4n) is 2.72. The number of benzene rings is 2. The molecule has 3 aromatic rings. The molecule has 1 heterocycles. The number of aromatic nitrogens is 2. The van der Waals surface area contributed by atoms with Crippen molar-refractivity contribution in [2.45, 2.75) is 19.8 Å². The van der Waals surface area contributed by atoms with Gasteiger partial charge in [-0.25, -0.2) is 14.4 Å². The standard InChI is InChI=1S/C21H21FN4O/c1-2-15-7-4-6-10-18(15)25-20(27)19-12-14-24-21(26-19)23-13-11-16-8-3-5-9-17(16)22/h3-10,12,14H,2,11,13H2,1H3,(H,25,27)(H,23,24,26). The van der Waals surface area contributed by atoms with Crippen LogP contribution < -0.4 is 10.6 Å². The summed E-state index contributed by atoms with van der Waals surface area (Å²) in [5, 5.41) is 5.92. The van der Waals surface area contributed by atoms with E-state index in [9.17, 15) is 9.18 Å². The average Bonchev–Trinajstić information content (AvgIpc) is 2.70. The van der Waals surface area contributed by atoms with Gasteiger partial charge in [-0.15, -0.1) is 0 Å². The van der Waals surface area contributed by atoms with Crippen molar-refractivity contribution in [3.8, 4) is 0 Å². The molecule has 2 aromatic carbocycles. The van der Waals surface area contributed by atoms with Crippen LogP contribution in [0.1, 0.15) is 28.5 Å². The van der Waals surface area contributed by atoms with E-state index in [-0.39, 0.29) is 17.4 Å². The Hall–Kier alpha value is -3.28. The van der Waals surface area contributed by atoms with Crippen LogP contribution in [-0.2, 0) is 12.8 Å². The third-order valence-electron chi connectivity index (χ3n) is 4.17. The molecular weight excluding hydrogens is 343 g/mol. The van der Waals surface area contributed by atoms with E-state index >= 15 is 0 Å². The van der Waals surface area contributed by atoms with E-state index in [4.69, 9.17) is 0 Å². The number of rotatable bonds is 7. The summed E-state index contributed by atoms with van der Waals surface area (Å²) >= 11 is 0. The summed E-state index contributed by atoms with van der Waals surface area (Å²) in [5.74, 6) is -0.193. The largest absolute Gasteiger partial charge is 0.354 e. The number of para-hydroxylation sites is 1. The Morgan fingerprint density at radius 3 is 2.56 bits per heavy atom. The van der Waals surface area contributed by atoms with Gasteiger partial charge in [-0.3, -0.25) is 4.79 Å². The molecule has 0 atom stereocenters. The number of aryl methyl sites for hydroxylation is 1. The number of halogens is 1. The van der Waals surface area contributed by atoms with E-state index in [0.29, 0.717) is 24.5 Å². The highest BCUT2D eigenvalue weighted by atomic mass is 19.1. The van der Waals surface area contributed by atoms with E-state index in [0.717, 1.165) is 17.7 Å². The maximum absolute atomic E-state index is 13.6. The highest BCUT2D eigenvalue weighted by molar-refractivity contribution is 6.03. The van der Waals surface area contributed by atoms with Crippen LogP contribution in [0.15, 0.2) is 60.8 Å². The first kappa shape index (κ1) is 18.5. The molecule has 0 aliphatic carbocycles. The molecule has 0 bridgehead atoms. The van der Waals surface area contributed by atoms with Gasteiger partial charge in [0.1, 0.15) is 11.5 Å². The second-order valence-electron chi connectivity index (χ2n) is 6.00. The van der Waals surface area contributed by atoms with Gasteiger partial charge < -0.3 is 10.6 Å². The number of hydrogen-bond acceptors (Lipinski definition) is 4. The van der Waals surface area contributed by atoms with E-state index in [1.807, 2.05) is 31.2 Å². The van der Waals surface area contributed by atoms with Gasteiger partial charge in [-0.05, 0) is 42.2 Å². The lowest BCUT2D eigenvalue weighted by Crippen LogP contribution is -2.17. The van der Waals surface area contributed by atoms with Crippen molar-refractivity contribution in [1.29, 1.82) is 0 Å². The molecule has 0 saturated carbocycles. The van der Waals surface area contributed by atoms with E-state index in [2.05, 4.69) is 20.6 Å². The van der Waals surface area contributed by atoms with Crippen LogP contribution in [0.4, 0.5) is 16.0 Å². The quantitative estimate of drug-likeness (QED) is 0.663. The van der Waals surface area contributed by atoms with Gasteiger partial charge >= 0.3 is 0 Å². The van der Waals surface area contributed by atoms with Gasteiger partial charge in [-0.1, -0.05) is 43.3 Å². The number of amides is 1. The van der Waals surface area contributed by atoms with Crippen LogP contribution >= 0.6 is 0 Å². The normalized spacial score (nSPS) is 10.4. The average molecular weight is 364 g/mol. The van der Waals surface area contributed by atoms with Crippen LogP contribution in [0.3, 0.4) is 0 Å².